The van der Waals surface area contributed by atoms with Gasteiger partial charge in [-0.2, -0.15) is 0 Å². The van der Waals surface area contributed by atoms with Gasteiger partial charge in [-0.3, -0.25) is 0 Å². The lowest BCUT2D eigenvalue weighted by Crippen LogP contribution is -2.10. The van der Waals surface area contributed by atoms with E-state index in [2.05, 4.69) is 5.32 Å². The van der Waals surface area contributed by atoms with Gasteiger partial charge in [-0.15, -0.1) is 0 Å². The van der Waals surface area contributed by atoms with E-state index >= 15 is 0 Å². The first-order valence-corrected chi connectivity index (χ1v) is 4.52. The van der Waals surface area contributed by atoms with E-state index in [-0.39, 0.29) is 5.82 Å². The number of ether oxygens (including phenoxy) is 1. The summed E-state index contributed by atoms with van der Waals surface area (Å²) in [5.74, 6) is 0.525. The first-order chi connectivity index (χ1) is 6.36. The van der Waals surface area contributed by atoms with Crippen molar-refractivity contribution < 1.29 is 9.13 Å². The SMILES string of the molecule is Fc1ccc2c(c1)NCCCCO2. The molecule has 0 aliphatic carbocycles. The molecule has 1 aromatic rings. The summed E-state index contributed by atoms with van der Waals surface area (Å²) < 4.78 is 18.3. The summed E-state index contributed by atoms with van der Waals surface area (Å²) in [7, 11) is 0. The van der Waals surface area contributed by atoms with Crippen molar-refractivity contribution in [2.24, 2.45) is 0 Å². The van der Waals surface area contributed by atoms with Crippen LogP contribution in [0.1, 0.15) is 12.8 Å². The highest BCUT2D eigenvalue weighted by atomic mass is 19.1. The predicted octanol–water partition coefficient (Wildman–Crippen LogP) is 2.41. The maximum atomic E-state index is 12.8. The molecule has 0 fully saturated rings. The van der Waals surface area contributed by atoms with Gasteiger partial charge in [0.25, 0.3) is 0 Å². The molecule has 70 valence electrons. The second-order valence-electron chi connectivity index (χ2n) is 3.12. The van der Waals surface area contributed by atoms with Crippen LogP contribution in [0.15, 0.2) is 18.2 Å². The second kappa shape index (κ2) is 3.64. The average Bonchev–Trinajstić information content (AvgIpc) is 2.08. The molecule has 0 aromatic heterocycles. The molecule has 1 aromatic carbocycles. The summed E-state index contributed by atoms with van der Waals surface area (Å²) in [5.41, 5.74) is 0.764. The Morgan fingerprint density at radius 2 is 2.23 bits per heavy atom. The molecule has 2 nitrogen and oxygen atoms in total. The van der Waals surface area contributed by atoms with Gasteiger partial charge in [-0.25, -0.2) is 4.39 Å². The molecule has 0 atom stereocenters. The zero-order valence-corrected chi connectivity index (χ0v) is 7.35. The predicted molar refractivity (Wildman–Crippen MR) is 49.6 cm³/mol. The van der Waals surface area contributed by atoms with Crippen molar-refractivity contribution in [1.29, 1.82) is 0 Å². The van der Waals surface area contributed by atoms with Crippen LogP contribution in [0.3, 0.4) is 0 Å². The topological polar surface area (TPSA) is 21.3 Å². The fourth-order valence-corrected chi connectivity index (χ4v) is 1.40. The number of benzene rings is 1. The molecule has 0 saturated carbocycles. The van der Waals surface area contributed by atoms with Crippen LogP contribution in [0.4, 0.5) is 10.1 Å². The Morgan fingerprint density at radius 3 is 3.15 bits per heavy atom. The Kier molecular flexibility index (Phi) is 2.34. The molecule has 0 saturated heterocycles. The molecule has 0 unspecified atom stereocenters. The minimum atomic E-state index is -0.226. The standard InChI is InChI=1S/C10H12FNO/c11-8-3-4-10-9(7-8)12-5-1-2-6-13-10/h3-4,7,12H,1-2,5-6H2. The highest BCUT2D eigenvalue weighted by molar-refractivity contribution is 5.56. The maximum Gasteiger partial charge on any atom is 0.142 e. The van der Waals surface area contributed by atoms with E-state index in [0.29, 0.717) is 0 Å². The van der Waals surface area contributed by atoms with Gasteiger partial charge in [-0.1, -0.05) is 0 Å². The lowest BCUT2D eigenvalue weighted by molar-refractivity contribution is 0.305. The van der Waals surface area contributed by atoms with Crippen molar-refractivity contribution in [3.05, 3.63) is 24.0 Å². The smallest absolute Gasteiger partial charge is 0.142 e. The van der Waals surface area contributed by atoms with Gasteiger partial charge in [0.2, 0.25) is 0 Å². The lowest BCUT2D eigenvalue weighted by atomic mass is 10.2. The minimum Gasteiger partial charge on any atom is -0.491 e. The zero-order valence-electron chi connectivity index (χ0n) is 7.35. The van der Waals surface area contributed by atoms with Crippen molar-refractivity contribution in [3.8, 4) is 5.75 Å². The van der Waals surface area contributed by atoms with Crippen LogP contribution in [0.25, 0.3) is 0 Å². The molecule has 2 rings (SSSR count). The van der Waals surface area contributed by atoms with Gasteiger partial charge in [0.1, 0.15) is 11.6 Å². The monoisotopic (exact) mass is 181 g/mol. The molecular weight excluding hydrogens is 169 g/mol. The lowest BCUT2D eigenvalue weighted by Gasteiger charge is -2.16. The molecule has 1 heterocycles. The Morgan fingerprint density at radius 1 is 1.31 bits per heavy atom. The van der Waals surface area contributed by atoms with Crippen molar-refractivity contribution >= 4 is 5.69 Å². The molecule has 0 radical (unpaired) electrons. The fraction of sp³-hybridized carbons (Fsp3) is 0.400. The van der Waals surface area contributed by atoms with Crippen LogP contribution in [0.2, 0.25) is 0 Å². The van der Waals surface area contributed by atoms with E-state index in [9.17, 15) is 4.39 Å². The van der Waals surface area contributed by atoms with Crippen molar-refractivity contribution in [3.63, 3.8) is 0 Å². The third-order valence-electron chi connectivity index (χ3n) is 2.09. The average molecular weight is 181 g/mol. The number of nitrogens with one attached hydrogen (secondary N) is 1. The Hall–Kier alpha value is -1.25. The van der Waals surface area contributed by atoms with Gasteiger partial charge in [0, 0.05) is 12.6 Å². The van der Waals surface area contributed by atoms with Gasteiger partial charge >= 0.3 is 0 Å². The molecule has 0 bridgehead atoms. The first kappa shape index (κ1) is 8.35. The summed E-state index contributed by atoms with van der Waals surface area (Å²) in [4.78, 5) is 0. The summed E-state index contributed by atoms with van der Waals surface area (Å²) in [6.07, 6.45) is 2.11. The first-order valence-electron chi connectivity index (χ1n) is 4.52. The number of rotatable bonds is 0. The van der Waals surface area contributed by atoms with Crippen molar-refractivity contribution in [1.82, 2.24) is 0 Å². The van der Waals surface area contributed by atoms with Crippen molar-refractivity contribution in [2.45, 2.75) is 12.8 Å². The van der Waals surface area contributed by atoms with Crippen molar-refractivity contribution in [2.75, 3.05) is 18.5 Å². The van der Waals surface area contributed by atoms with E-state index in [1.807, 2.05) is 0 Å². The quantitative estimate of drug-likeness (QED) is 0.663. The molecule has 1 N–H and O–H groups in total. The zero-order chi connectivity index (χ0) is 9.10. The Labute approximate surface area is 76.7 Å². The molecular formula is C10H12FNO. The third-order valence-corrected chi connectivity index (χ3v) is 2.09. The summed E-state index contributed by atoms with van der Waals surface area (Å²) >= 11 is 0. The maximum absolute atomic E-state index is 12.8. The van der Waals surface area contributed by atoms with Crippen LogP contribution in [-0.2, 0) is 0 Å². The van der Waals surface area contributed by atoms with Crippen LogP contribution in [-0.4, -0.2) is 13.2 Å². The van der Waals surface area contributed by atoms with E-state index in [1.165, 1.54) is 12.1 Å². The Bertz CT molecular complexity index is 301. The van der Waals surface area contributed by atoms with Gasteiger partial charge < -0.3 is 10.1 Å². The molecule has 13 heavy (non-hydrogen) atoms. The summed E-state index contributed by atoms with van der Waals surface area (Å²) in [6.45, 7) is 1.61. The minimum absolute atomic E-state index is 0.226. The van der Waals surface area contributed by atoms with Crippen LogP contribution in [0, 0.1) is 5.82 Å². The molecule has 3 heteroatoms. The summed E-state index contributed by atoms with van der Waals surface area (Å²) in [5, 5.41) is 3.14. The van der Waals surface area contributed by atoms with Crippen LogP contribution in [0.5, 0.6) is 5.75 Å². The van der Waals surface area contributed by atoms with E-state index in [0.717, 1.165) is 37.4 Å². The second-order valence-corrected chi connectivity index (χ2v) is 3.12. The third kappa shape index (κ3) is 1.91. The highest BCUT2D eigenvalue weighted by Crippen LogP contribution is 2.26. The number of hydrogen-bond acceptors (Lipinski definition) is 2. The van der Waals surface area contributed by atoms with E-state index < -0.39 is 0 Å². The molecule has 1 aliphatic heterocycles. The summed E-state index contributed by atoms with van der Waals surface area (Å²) in [6, 6.07) is 4.56. The highest BCUT2D eigenvalue weighted by Gasteiger charge is 2.07. The number of anilines is 1. The van der Waals surface area contributed by atoms with Crippen LogP contribution >= 0.6 is 0 Å². The normalized spacial score (nSPS) is 16.1. The molecule has 1 aliphatic rings. The fourth-order valence-electron chi connectivity index (χ4n) is 1.40. The van der Waals surface area contributed by atoms with E-state index in [1.54, 1.807) is 6.07 Å². The van der Waals surface area contributed by atoms with Crippen LogP contribution < -0.4 is 10.1 Å². The van der Waals surface area contributed by atoms with Gasteiger partial charge in [-0.05, 0) is 25.0 Å². The Balaban J connectivity index is 2.28. The van der Waals surface area contributed by atoms with Gasteiger partial charge in [0.15, 0.2) is 0 Å². The number of halogens is 1. The number of hydrogen-bond donors (Lipinski definition) is 1. The largest absolute Gasteiger partial charge is 0.491 e. The van der Waals surface area contributed by atoms with E-state index in [4.69, 9.17) is 4.74 Å². The number of fused-ring (bicyclic) bond motifs is 1. The molecule has 0 amide bonds. The molecule has 0 spiro atoms. The van der Waals surface area contributed by atoms with Gasteiger partial charge in [0.05, 0.1) is 12.3 Å².